The fourth-order valence-corrected chi connectivity index (χ4v) is 1.28. The molecule has 108 valence electrons. The molecule has 0 heterocycles. The van der Waals surface area contributed by atoms with Crippen molar-refractivity contribution in [2.45, 2.75) is 26.4 Å². The molecular formula is C14H18N2O4. The summed E-state index contributed by atoms with van der Waals surface area (Å²) in [5.41, 5.74) is 2.86. The van der Waals surface area contributed by atoms with E-state index in [-0.39, 0.29) is 0 Å². The number of esters is 1. The van der Waals surface area contributed by atoms with E-state index in [1.165, 1.54) is 13.3 Å². The van der Waals surface area contributed by atoms with Gasteiger partial charge in [-0.25, -0.2) is 15.0 Å². The first kappa shape index (κ1) is 15.7. The van der Waals surface area contributed by atoms with Crippen molar-refractivity contribution in [3.8, 4) is 0 Å². The fraction of sp³-hybridized carbons (Fsp3) is 0.357. The largest absolute Gasteiger partial charge is 0.465 e. The molecule has 0 aliphatic rings. The fourth-order valence-electron chi connectivity index (χ4n) is 1.28. The molecule has 0 aliphatic heterocycles. The van der Waals surface area contributed by atoms with E-state index in [1.807, 2.05) is 0 Å². The van der Waals surface area contributed by atoms with E-state index in [2.05, 4.69) is 15.3 Å². The lowest BCUT2D eigenvalue weighted by Gasteiger charge is -2.18. The highest BCUT2D eigenvalue weighted by molar-refractivity contribution is 5.90. The number of rotatable bonds is 3. The third kappa shape index (κ3) is 5.51. The molecule has 0 fully saturated rings. The van der Waals surface area contributed by atoms with E-state index < -0.39 is 17.7 Å². The van der Waals surface area contributed by atoms with Gasteiger partial charge in [-0.1, -0.05) is 12.1 Å². The van der Waals surface area contributed by atoms with Crippen molar-refractivity contribution in [1.29, 1.82) is 0 Å². The van der Waals surface area contributed by atoms with E-state index in [1.54, 1.807) is 45.0 Å². The maximum absolute atomic E-state index is 11.3. The lowest BCUT2D eigenvalue weighted by Crippen LogP contribution is -2.29. The summed E-state index contributed by atoms with van der Waals surface area (Å²) in [7, 11) is 1.32. The highest BCUT2D eigenvalue weighted by atomic mass is 16.6. The van der Waals surface area contributed by atoms with Gasteiger partial charge in [-0.05, 0) is 38.5 Å². The van der Waals surface area contributed by atoms with Crippen molar-refractivity contribution >= 4 is 18.3 Å². The summed E-state index contributed by atoms with van der Waals surface area (Å²) >= 11 is 0. The molecule has 1 aromatic carbocycles. The molecule has 0 aliphatic carbocycles. The van der Waals surface area contributed by atoms with Gasteiger partial charge >= 0.3 is 12.1 Å². The molecule has 6 heteroatoms. The summed E-state index contributed by atoms with van der Waals surface area (Å²) in [4.78, 5) is 22.6. The van der Waals surface area contributed by atoms with Gasteiger partial charge in [0, 0.05) is 0 Å². The SMILES string of the molecule is COC(=O)c1ccc(C=NNC(=O)OC(C)(C)C)cc1. The molecule has 0 unspecified atom stereocenters. The predicted molar refractivity (Wildman–Crippen MR) is 74.7 cm³/mol. The topological polar surface area (TPSA) is 77.0 Å². The van der Waals surface area contributed by atoms with Crippen LogP contribution in [0.2, 0.25) is 0 Å². The Morgan fingerprint density at radius 2 is 1.80 bits per heavy atom. The Balaban J connectivity index is 2.54. The van der Waals surface area contributed by atoms with E-state index in [9.17, 15) is 9.59 Å². The minimum Gasteiger partial charge on any atom is -0.465 e. The van der Waals surface area contributed by atoms with Gasteiger partial charge in [0.1, 0.15) is 5.60 Å². The average Bonchev–Trinajstić information content (AvgIpc) is 2.36. The smallest absolute Gasteiger partial charge is 0.428 e. The zero-order valence-corrected chi connectivity index (χ0v) is 12.0. The number of amides is 1. The molecular weight excluding hydrogens is 260 g/mol. The standard InChI is InChI=1S/C14H18N2O4/c1-14(2,3)20-13(18)16-15-9-10-5-7-11(8-6-10)12(17)19-4/h5-9H,1-4H3,(H,16,18). The van der Waals surface area contributed by atoms with Crippen LogP contribution in [0, 0.1) is 0 Å². The number of hydrogen-bond acceptors (Lipinski definition) is 5. The van der Waals surface area contributed by atoms with Crippen molar-refractivity contribution in [2.24, 2.45) is 5.10 Å². The number of hydrazone groups is 1. The van der Waals surface area contributed by atoms with Crippen LogP contribution < -0.4 is 5.43 Å². The molecule has 0 spiro atoms. The summed E-state index contributed by atoms with van der Waals surface area (Å²) in [5, 5.41) is 3.75. The number of carbonyl (C=O) groups is 2. The van der Waals surface area contributed by atoms with Gasteiger partial charge in [0.25, 0.3) is 0 Å². The quantitative estimate of drug-likeness (QED) is 0.523. The Morgan fingerprint density at radius 3 is 2.30 bits per heavy atom. The third-order valence-corrected chi connectivity index (χ3v) is 2.10. The number of nitrogens with zero attached hydrogens (tertiary/aromatic N) is 1. The first-order chi connectivity index (χ1) is 9.31. The van der Waals surface area contributed by atoms with Gasteiger partial charge in [-0.3, -0.25) is 0 Å². The van der Waals surface area contributed by atoms with Crippen LogP contribution >= 0.6 is 0 Å². The Bertz CT molecular complexity index is 501. The number of methoxy groups -OCH3 is 1. The van der Waals surface area contributed by atoms with Crippen LogP contribution in [0.5, 0.6) is 0 Å². The number of benzene rings is 1. The molecule has 1 aromatic rings. The van der Waals surface area contributed by atoms with Crippen molar-refractivity contribution in [3.05, 3.63) is 35.4 Å². The summed E-state index contributed by atoms with van der Waals surface area (Å²) in [6.45, 7) is 5.30. The Hall–Kier alpha value is -2.37. The van der Waals surface area contributed by atoms with Gasteiger partial charge in [-0.15, -0.1) is 0 Å². The molecule has 1 rings (SSSR count). The first-order valence-corrected chi connectivity index (χ1v) is 6.02. The second-order valence-corrected chi connectivity index (χ2v) is 4.99. The minimum absolute atomic E-state index is 0.402. The molecule has 6 nitrogen and oxygen atoms in total. The van der Waals surface area contributed by atoms with Gasteiger partial charge in [0.15, 0.2) is 0 Å². The second-order valence-electron chi connectivity index (χ2n) is 4.99. The van der Waals surface area contributed by atoms with Crippen LogP contribution in [-0.2, 0) is 9.47 Å². The molecule has 0 radical (unpaired) electrons. The van der Waals surface area contributed by atoms with Crippen LogP contribution in [-0.4, -0.2) is 31.0 Å². The number of hydrogen-bond donors (Lipinski definition) is 1. The monoisotopic (exact) mass is 278 g/mol. The van der Waals surface area contributed by atoms with Crippen LogP contribution in [0.3, 0.4) is 0 Å². The third-order valence-electron chi connectivity index (χ3n) is 2.10. The summed E-state index contributed by atoms with van der Waals surface area (Å²) in [5.74, 6) is -0.402. The predicted octanol–water partition coefficient (Wildman–Crippen LogP) is 2.33. The second kappa shape index (κ2) is 6.70. The van der Waals surface area contributed by atoms with Crippen molar-refractivity contribution < 1.29 is 19.1 Å². The number of nitrogens with one attached hydrogen (secondary N) is 1. The molecule has 1 N–H and O–H groups in total. The van der Waals surface area contributed by atoms with E-state index in [4.69, 9.17) is 4.74 Å². The van der Waals surface area contributed by atoms with Crippen LogP contribution in [0.15, 0.2) is 29.4 Å². The lowest BCUT2D eigenvalue weighted by molar-refractivity contribution is 0.0528. The first-order valence-electron chi connectivity index (χ1n) is 6.02. The lowest BCUT2D eigenvalue weighted by atomic mass is 10.1. The van der Waals surface area contributed by atoms with Crippen molar-refractivity contribution in [3.63, 3.8) is 0 Å². The summed E-state index contributed by atoms with van der Waals surface area (Å²) in [6, 6.07) is 6.60. The van der Waals surface area contributed by atoms with Crippen molar-refractivity contribution in [1.82, 2.24) is 5.43 Å². The van der Waals surface area contributed by atoms with Crippen LogP contribution in [0.25, 0.3) is 0 Å². The van der Waals surface area contributed by atoms with E-state index in [0.717, 1.165) is 5.56 Å². The number of carbonyl (C=O) groups excluding carboxylic acids is 2. The van der Waals surface area contributed by atoms with E-state index in [0.29, 0.717) is 5.56 Å². The maximum atomic E-state index is 11.3. The van der Waals surface area contributed by atoms with Crippen LogP contribution in [0.4, 0.5) is 4.79 Å². The zero-order valence-electron chi connectivity index (χ0n) is 12.0. The van der Waals surface area contributed by atoms with Crippen LogP contribution in [0.1, 0.15) is 36.7 Å². The molecule has 20 heavy (non-hydrogen) atoms. The molecule has 0 atom stereocenters. The maximum Gasteiger partial charge on any atom is 0.428 e. The Morgan fingerprint density at radius 1 is 1.20 bits per heavy atom. The number of ether oxygens (including phenoxy) is 2. The molecule has 0 aromatic heterocycles. The molecule has 1 amide bonds. The highest BCUT2D eigenvalue weighted by Gasteiger charge is 2.15. The summed E-state index contributed by atoms with van der Waals surface area (Å²) in [6.07, 6.45) is 0.824. The van der Waals surface area contributed by atoms with Gasteiger partial charge in [0.05, 0.1) is 18.9 Å². The van der Waals surface area contributed by atoms with Gasteiger partial charge in [-0.2, -0.15) is 5.10 Å². The van der Waals surface area contributed by atoms with Gasteiger partial charge in [0.2, 0.25) is 0 Å². The summed E-state index contributed by atoms with van der Waals surface area (Å²) < 4.78 is 9.60. The zero-order chi connectivity index (χ0) is 15.2. The van der Waals surface area contributed by atoms with Gasteiger partial charge < -0.3 is 9.47 Å². The molecule has 0 saturated carbocycles. The molecule has 0 saturated heterocycles. The normalized spacial score (nSPS) is 11.2. The average molecular weight is 278 g/mol. The van der Waals surface area contributed by atoms with E-state index >= 15 is 0 Å². The molecule has 0 bridgehead atoms. The minimum atomic E-state index is -0.625. The van der Waals surface area contributed by atoms with Crippen molar-refractivity contribution in [2.75, 3.05) is 7.11 Å². The Kier molecular flexibility index (Phi) is 5.25. The Labute approximate surface area is 117 Å². The highest BCUT2D eigenvalue weighted by Crippen LogP contribution is 2.06.